The van der Waals surface area contributed by atoms with E-state index in [0.717, 1.165) is 36.5 Å². The lowest BCUT2D eigenvalue weighted by Crippen LogP contribution is -2.23. The number of rotatable bonds is 6. The Morgan fingerprint density at radius 1 is 1.20 bits per heavy atom. The first-order valence-corrected chi connectivity index (χ1v) is 7.23. The molecular weight excluding hydrogens is 253 g/mol. The van der Waals surface area contributed by atoms with Crippen LogP contribution in [0.5, 0.6) is 0 Å². The van der Waals surface area contributed by atoms with Gasteiger partial charge in [0, 0.05) is 6.42 Å². The Morgan fingerprint density at radius 3 is 2.60 bits per heavy atom. The maximum Gasteiger partial charge on any atom is 0.126 e. The van der Waals surface area contributed by atoms with Gasteiger partial charge in [0.1, 0.15) is 17.3 Å². The fourth-order valence-electron chi connectivity index (χ4n) is 2.26. The van der Waals surface area contributed by atoms with Crippen LogP contribution in [0.2, 0.25) is 0 Å². The van der Waals surface area contributed by atoms with Crippen molar-refractivity contribution in [3.63, 3.8) is 0 Å². The van der Waals surface area contributed by atoms with Gasteiger partial charge in [-0.3, -0.25) is 0 Å². The van der Waals surface area contributed by atoms with Gasteiger partial charge in [0.25, 0.3) is 0 Å². The second-order valence-electron chi connectivity index (χ2n) is 5.05. The highest BCUT2D eigenvalue weighted by molar-refractivity contribution is 5.31. The Bertz CT molecular complexity index is 562. The average molecular weight is 275 g/mol. The average Bonchev–Trinajstić information content (AvgIpc) is 2.92. The van der Waals surface area contributed by atoms with Crippen LogP contribution < -0.4 is 5.32 Å². The summed E-state index contributed by atoms with van der Waals surface area (Å²) in [6.07, 6.45) is 1.92. The second kappa shape index (κ2) is 6.71. The Balaban J connectivity index is 2.32. The first-order chi connectivity index (χ1) is 9.65. The maximum absolute atomic E-state index is 13.4. The minimum absolute atomic E-state index is 0.0189. The summed E-state index contributed by atoms with van der Waals surface area (Å²) < 4.78 is 19.3. The predicted molar refractivity (Wildman–Crippen MR) is 79.4 cm³/mol. The molecule has 1 aromatic heterocycles. The van der Waals surface area contributed by atoms with Crippen LogP contribution >= 0.6 is 0 Å². The molecule has 0 aliphatic rings. The molecule has 1 heterocycles. The van der Waals surface area contributed by atoms with Crippen molar-refractivity contribution < 1.29 is 8.81 Å². The Labute approximate surface area is 120 Å². The maximum atomic E-state index is 13.4. The summed E-state index contributed by atoms with van der Waals surface area (Å²) in [4.78, 5) is 0. The SMILES string of the molecule is CCCNC(c1ccc(F)c(C)c1)c1ccc(CC)o1. The highest BCUT2D eigenvalue weighted by Crippen LogP contribution is 2.25. The summed E-state index contributed by atoms with van der Waals surface area (Å²) in [5.41, 5.74) is 1.70. The molecule has 3 heteroatoms. The minimum atomic E-state index is -0.170. The van der Waals surface area contributed by atoms with Crippen LogP contribution in [0.25, 0.3) is 0 Å². The van der Waals surface area contributed by atoms with Crippen molar-refractivity contribution in [2.24, 2.45) is 0 Å². The van der Waals surface area contributed by atoms with E-state index in [1.807, 2.05) is 24.3 Å². The molecule has 1 N–H and O–H groups in total. The van der Waals surface area contributed by atoms with Crippen LogP contribution in [0.4, 0.5) is 4.39 Å². The van der Waals surface area contributed by atoms with Gasteiger partial charge in [-0.1, -0.05) is 26.0 Å². The second-order valence-corrected chi connectivity index (χ2v) is 5.05. The van der Waals surface area contributed by atoms with Crippen molar-refractivity contribution in [3.05, 3.63) is 58.8 Å². The third-order valence-corrected chi connectivity index (χ3v) is 3.43. The van der Waals surface area contributed by atoms with Gasteiger partial charge >= 0.3 is 0 Å². The van der Waals surface area contributed by atoms with E-state index in [1.54, 1.807) is 6.92 Å². The third kappa shape index (κ3) is 3.28. The van der Waals surface area contributed by atoms with Gasteiger partial charge in [0.2, 0.25) is 0 Å². The van der Waals surface area contributed by atoms with Crippen molar-refractivity contribution in [3.8, 4) is 0 Å². The van der Waals surface area contributed by atoms with Crippen LogP contribution in [0.15, 0.2) is 34.7 Å². The van der Waals surface area contributed by atoms with E-state index in [4.69, 9.17) is 4.42 Å². The first-order valence-electron chi connectivity index (χ1n) is 7.23. The molecule has 1 unspecified atom stereocenters. The monoisotopic (exact) mass is 275 g/mol. The Hall–Kier alpha value is -1.61. The largest absolute Gasteiger partial charge is 0.464 e. The van der Waals surface area contributed by atoms with Crippen LogP contribution in [0.1, 0.15) is 49.0 Å². The molecule has 0 radical (unpaired) electrons. The number of hydrogen-bond donors (Lipinski definition) is 1. The van der Waals surface area contributed by atoms with E-state index < -0.39 is 0 Å². The highest BCUT2D eigenvalue weighted by atomic mass is 19.1. The molecule has 20 heavy (non-hydrogen) atoms. The van der Waals surface area contributed by atoms with Gasteiger partial charge in [0.05, 0.1) is 6.04 Å². The van der Waals surface area contributed by atoms with Gasteiger partial charge in [-0.2, -0.15) is 0 Å². The zero-order valence-electron chi connectivity index (χ0n) is 12.4. The van der Waals surface area contributed by atoms with Crippen molar-refractivity contribution in [1.82, 2.24) is 5.32 Å². The van der Waals surface area contributed by atoms with Gasteiger partial charge in [0.15, 0.2) is 0 Å². The number of hydrogen-bond acceptors (Lipinski definition) is 2. The summed E-state index contributed by atoms with van der Waals surface area (Å²) in [6.45, 7) is 6.87. The van der Waals surface area contributed by atoms with E-state index >= 15 is 0 Å². The summed E-state index contributed by atoms with van der Waals surface area (Å²) in [5.74, 6) is 1.69. The summed E-state index contributed by atoms with van der Waals surface area (Å²) >= 11 is 0. The summed E-state index contributed by atoms with van der Waals surface area (Å²) in [7, 11) is 0. The van der Waals surface area contributed by atoms with Crippen molar-refractivity contribution in [2.45, 2.75) is 39.7 Å². The fraction of sp³-hybridized carbons (Fsp3) is 0.412. The standard InChI is InChI=1S/C17H22FNO/c1-4-10-19-17(16-9-7-14(5-2)20-16)13-6-8-15(18)12(3)11-13/h6-9,11,17,19H,4-5,10H2,1-3H3. The van der Waals surface area contributed by atoms with Gasteiger partial charge in [-0.25, -0.2) is 4.39 Å². The van der Waals surface area contributed by atoms with Crippen LogP contribution in [0, 0.1) is 12.7 Å². The molecule has 0 amide bonds. The lowest BCUT2D eigenvalue weighted by atomic mass is 10.0. The number of aryl methyl sites for hydroxylation is 2. The molecule has 0 aliphatic carbocycles. The van der Waals surface area contributed by atoms with Crippen LogP contribution in [0.3, 0.4) is 0 Å². The van der Waals surface area contributed by atoms with Crippen molar-refractivity contribution >= 4 is 0 Å². The third-order valence-electron chi connectivity index (χ3n) is 3.43. The molecule has 108 valence electrons. The fourth-order valence-corrected chi connectivity index (χ4v) is 2.26. The molecular formula is C17H22FNO. The van der Waals surface area contributed by atoms with Crippen LogP contribution in [-0.4, -0.2) is 6.54 Å². The van der Waals surface area contributed by atoms with E-state index in [0.29, 0.717) is 5.56 Å². The lowest BCUT2D eigenvalue weighted by Gasteiger charge is -2.17. The number of nitrogens with one attached hydrogen (secondary N) is 1. The van der Waals surface area contributed by atoms with Gasteiger partial charge < -0.3 is 9.73 Å². The summed E-state index contributed by atoms with van der Waals surface area (Å²) in [5, 5.41) is 3.47. The lowest BCUT2D eigenvalue weighted by molar-refractivity contribution is 0.421. The number of furan rings is 1. The normalized spacial score (nSPS) is 12.6. The molecule has 0 saturated carbocycles. The molecule has 2 aromatic rings. The number of benzene rings is 1. The first kappa shape index (κ1) is 14.8. The molecule has 2 nitrogen and oxygen atoms in total. The van der Waals surface area contributed by atoms with Crippen LogP contribution in [-0.2, 0) is 6.42 Å². The highest BCUT2D eigenvalue weighted by Gasteiger charge is 2.18. The molecule has 0 fully saturated rings. The molecule has 0 aliphatic heterocycles. The molecule has 0 spiro atoms. The summed E-state index contributed by atoms with van der Waals surface area (Å²) in [6, 6.07) is 9.22. The van der Waals surface area contributed by atoms with E-state index in [1.165, 1.54) is 6.07 Å². The molecule has 2 rings (SSSR count). The van der Waals surface area contributed by atoms with Gasteiger partial charge in [-0.05, 0) is 49.2 Å². The molecule has 0 saturated heterocycles. The van der Waals surface area contributed by atoms with E-state index in [-0.39, 0.29) is 11.9 Å². The predicted octanol–water partition coefficient (Wildman–Crippen LogP) is 4.38. The van der Waals surface area contributed by atoms with Crippen molar-refractivity contribution in [1.29, 1.82) is 0 Å². The molecule has 1 atom stereocenters. The Morgan fingerprint density at radius 2 is 2.00 bits per heavy atom. The van der Waals surface area contributed by atoms with Crippen molar-refractivity contribution in [2.75, 3.05) is 6.54 Å². The molecule has 0 bridgehead atoms. The zero-order chi connectivity index (χ0) is 14.5. The van der Waals surface area contributed by atoms with E-state index in [2.05, 4.69) is 19.2 Å². The smallest absolute Gasteiger partial charge is 0.126 e. The topological polar surface area (TPSA) is 25.2 Å². The quantitative estimate of drug-likeness (QED) is 0.846. The molecule has 1 aromatic carbocycles. The van der Waals surface area contributed by atoms with E-state index in [9.17, 15) is 4.39 Å². The number of halogens is 1. The zero-order valence-corrected chi connectivity index (χ0v) is 12.4. The Kier molecular flexibility index (Phi) is 4.96. The minimum Gasteiger partial charge on any atom is -0.464 e. The van der Waals surface area contributed by atoms with Gasteiger partial charge in [-0.15, -0.1) is 0 Å².